The molecule has 9 heteroatoms. The van der Waals surface area contributed by atoms with Crippen LogP contribution in [0.5, 0.6) is 0 Å². The zero-order chi connectivity index (χ0) is 24.5. The maximum atomic E-state index is 13.6. The summed E-state index contributed by atoms with van der Waals surface area (Å²) in [6.07, 6.45) is 2.13. The van der Waals surface area contributed by atoms with Crippen molar-refractivity contribution in [1.29, 1.82) is 0 Å². The fourth-order valence-corrected chi connectivity index (χ4v) is 4.14. The first-order valence-electron chi connectivity index (χ1n) is 11.5. The highest BCUT2D eigenvalue weighted by atomic mass is 16.5. The molecule has 178 valence electrons. The Morgan fingerprint density at radius 2 is 1.86 bits per heavy atom. The molecule has 1 N–H and O–H groups in total. The average Bonchev–Trinajstić information content (AvgIpc) is 3.43. The van der Waals surface area contributed by atoms with Crippen LogP contribution in [-0.4, -0.2) is 30.2 Å². The van der Waals surface area contributed by atoms with Gasteiger partial charge in [0, 0.05) is 18.4 Å². The van der Waals surface area contributed by atoms with Crippen molar-refractivity contribution >= 4 is 27.8 Å². The standard InChI is InChI=1S/C26H26N6O3/c1-4-21-29-23(35-30-21)14-31-15-28-24-19-11-17(3)7-10-20(19)32(25(24)26(31)34)13-22(33)27-12-18-8-5-16(2)6-9-18/h5-11,15H,4,12-14H2,1-3H3,(H,27,33). The van der Waals surface area contributed by atoms with Crippen molar-refractivity contribution in [3.63, 3.8) is 0 Å². The van der Waals surface area contributed by atoms with Crippen LogP contribution in [0.25, 0.3) is 21.9 Å². The quantitative estimate of drug-likeness (QED) is 0.391. The minimum atomic E-state index is -0.272. The molecule has 5 rings (SSSR count). The summed E-state index contributed by atoms with van der Waals surface area (Å²) in [5, 5.41) is 7.69. The van der Waals surface area contributed by atoms with Gasteiger partial charge in [0.2, 0.25) is 11.8 Å². The van der Waals surface area contributed by atoms with Crippen LogP contribution in [0.4, 0.5) is 0 Å². The minimum absolute atomic E-state index is 0.00358. The number of hydrogen-bond acceptors (Lipinski definition) is 6. The highest BCUT2D eigenvalue weighted by Gasteiger charge is 2.19. The lowest BCUT2D eigenvalue weighted by molar-refractivity contribution is -0.121. The molecule has 0 saturated heterocycles. The molecular weight excluding hydrogens is 444 g/mol. The highest BCUT2D eigenvalue weighted by molar-refractivity contribution is 6.06. The predicted molar refractivity (Wildman–Crippen MR) is 132 cm³/mol. The Kier molecular flexibility index (Phi) is 5.90. The molecule has 3 aromatic heterocycles. The SMILES string of the molecule is CCc1noc(Cn2cnc3c4cc(C)ccc4n(CC(=O)NCc4ccc(C)cc4)c3c2=O)n1. The van der Waals surface area contributed by atoms with E-state index < -0.39 is 0 Å². The highest BCUT2D eigenvalue weighted by Crippen LogP contribution is 2.26. The van der Waals surface area contributed by atoms with Gasteiger partial charge in [-0.25, -0.2) is 4.98 Å². The fourth-order valence-electron chi connectivity index (χ4n) is 4.14. The third kappa shape index (κ3) is 4.44. The molecule has 0 atom stereocenters. The number of carbonyl (C=O) groups excluding carboxylic acids is 1. The smallest absolute Gasteiger partial charge is 0.278 e. The van der Waals surface area contributed by atoms with Gasteiger partial charge in [-0.15, -0.1) is 0 Å². The van der Waals surface area contributed by atoms with Crippen LogP contribution in [0.2, 0.25) is 0 Å². The lowest BCUT2D eigenvalue weighted by atomic mass is 10.1. The second kappa shape index (κ2) is 9.17. The molecule has 0 bridgehead atoms. The fraction of sp³-hybridized carbons (Fsp3) is 0.269. The summed E-state index contributed by atoms with van der Waals surface area (Å²) in [4.78, 5) is 35.4. The molecule has 0 fully saturated rings. The van der Waals surface area contributed by atoms with E-state index in [9.17, 15) is 9.59 Å². The minimum Gasteiger partial charge on any atom is -0.350 e. The van der Waals surface area contributed by atoms with Crippen molar-refractivity contribution in [2.45, 2.75) is 46.8 Å². The number of fused-ring (bicyclic) bond motifs is 3. The number of rotatable bonds is 7. The molecular formula is C26H26N6O3. The maximum Gasteiger partial charge on any atom is 0.278 e. The second-order valence-electron chi connectivity index (χ2n) is 8.70. The molecule has 0 aliphatic heterocycles. The van der Waals surface area contributed by atoms with Crippen LogP contribution >= 0.6 is 0 Å². The molecule has 2 aromatic carbocycles. The average molecular weight is 471 g/mol. The van der Waals surface area contributed by atoms with E-state index in [1.165, 1.54) is 10.9 Å². The van der Waals surface area contributed by atoms with Crippen molar-refractivity contribution in [2.24, 2.45) is 0 Å². The molecule has 35 heavy (non-hydrogen) atoms. The van der Waals surface area contributed by atoms with Crippen LogP contribution in [0, 0.1) is 13.8 Å². The third-order valence-electron chi connectivity index (χ3n) is 6.03. The Labute approximate surface area is 201 Å². The molecule has 9 nitrogen and oxygen atoms in total. The van der Waals surface area contributed by atoms with E-state index >= 15 is 0 Å². The molecule has 0 saturated carbocycles. The summed E-state index contributed by atoms with van der Waals surface area (Å²) in [6.45, 7) is 6.45. The number of nitrogens with zero attached hydrogens (tertiary/aromatic N) is 5. The zero-order valence-electron chi connectivity index (χ0n) is 19.9. The van der Waals surface area contributed by atoms with Gasteiger partial charge in [0.15, 0.2) is 5.82 Å². The van der Waals surface area contributed by atoms with E-state index in [4.69, 9.17) is 4.52 Å². The van der Waals surface area contributed by atoms with Gasteiger partial charge in [-0.2, -0.15) is 4.98 Å². The van der Waals surface area contributed by atoms with Crippen LogP contribution in [0.1, 0.15) is 35.3 Å². The van der Waals surface area contributed by atoms with Crippen molar-refractivity contribution in [1.82, 2.24) is 29.6 Å². The first kappa shape index (κ1) is 22.5. The molecule has 1 amide bonds. The summed E-state index contributed by atoms with van der Waals surface area (Å²) < 4.78 is 8.43. The molecule has 0 aliphatic carbocycles. The van der Waals surface area contributed by atoms with Crippen molar-refractivity contribution < 1.29 is 9.32 Å². The molecule has 0 spiro atoms. The van der Waals surface area contributed by atoms with E-state index in [2.05, 4.69) is 20.4 Å². The molecule has 0 radical (unpaired) electrons. The Morgan fingerprint density at radius 3 is 2.60 bits per heavy atom. The van der Waals surface area contributed by atoms with Crippen LogP contribution in [-0.2, 0) is 30.8 Å². The zero-order valence-corrected chi connectivity index (χ0v) is 19.9. The normalized spacial score (nSPS) is 11.4. The van der Waals surface area contributed by atoms with Gasteiger partial charge in [-0.1, -0.05) is 53.5 Å². The summed E-state index contributed by atoms with van der Waals surface area (Å²) in [5.74, 6) is 0.723. The van der Waals surface area contributed by atoms with Gasteiger partial charge >= 0.3 is 0 Å². The van der Waals surface area contributed by atoms with Gasteiger partial charge < -0.3 is 14.4 Å². The molecule has 5 aromatic rings. The predicted octanol–water partition coefficient (Wildman–Crippen LogP) is 3.28. The topological polar surface area (TPSA) is 108 Å². The van der Waals surface area contributed by atoms with Crippen molar-refractivity contribution in [2.75, 3.05) is 0 Å². The summed E-state index contributed by atoms with van der Waals surface area (Å²) in [6, 6.07) is 13.9. The molecule has 0 aliphatic rings. The Bertz CT molecular complexity index is 1590. The lowest BCUT2D eigenvalue weighted by Gasteiger charge is -2.10. The van der Waals surface area contributed by atoms with Gasteiger partial charge in [0.25, 0.3) is 5.56 Å². The van der Waals surface area contributed by atoms with Gasteiger partial charge in [0.1, 0.15) is 24.1 Å². The number of carbonyl (C=O) groups is 1. The molecule has 0 unspecified atom stereocenters. The van der Waals surface area contributed by atoms with E-state index in [1.54, 1.807) is 4.57 Å². The van der Waals surface area contributed by atoms with E-state index in [0.717, 1.165) is 27.6 Å². The van der Waals surface area contributed by atoms with E-state index in [-0.39, 0.29) is 24.6 Å². The van der Waals surface area contributed by atoms with Crippen LogP contribution < -0.4 is 10.9 Å². The Morgan fingerprint density at radius 1 is 1.09 bits per heavy atom. The summed E-state index contributed by atoms with van der Waals surface area (Å²) in [7, 11) is 0. The van der Waals surface area contributed by atoms with Gasteiger partial charge in [0.05, 0.1) is 11.8 Å². The maximum absolute atomic E-state index is 13.6. The summed E-state index contributed by atoms with van der Waals surface area (Å²) in [5.41, 5.74) is 4.66. The van der Waals surface area contributed by atoms with Crippen molar-refractivity contribution in [3.05, 3.63) is 87.6 Å². The second-order valence-corrected chi connectivity index (χ2v) is 8.70. The Hall–Kier alpha value is -4.27. The first-order chi connectivity index (χ1) is 16.9. The first-order valence-corrected chi connectivity index (χ1v) is 11.5. The number of nitrogens with one attached hydrogen (secondary N) is 1. The van der Waals surface area contributed by atoms with Gasteiger partial charge in [-0.05, 0) is 31.5 Å². The van der Waals surface area contributed by atoms with Crippen molar-refractivity contribution in [3.8, 4) is 0 Å². The van der Waals surface area contributed by atoms with E-state index in [1.807, 2.05) is 63.2 Å². The number of aryl methyl sites for hydroxylation is 3. The van der Waals surface area contributed by atoms with Crippen LogP contribution in [0.3, 0.4) is 0 Å². The van der Waals surface area contributed by atoms with Gasteiger partial charge in [-0.3, -0.25) is 14.2 Å². The number of amides is 1. The van der Waals surface area contributed by atoms with E-state index in [0.29, 0.717) is 35.7 Å². The number of benzene rings is 2. The molecule has 3 heterocycles. The lowest BCUT2D eigenvalue weighted by Crippen LogP contribution is -2.29. The Balaban J connectivity index is 1.51. The van der Waals surface area contributed by atoms with Crippen LogP contribution in [0.15, 0.2) is 58.1 Å². The summed E-state index contributed by atoms with van der Waals surface area (Å²) >= 11 is 0. The monoisotopic (exact) mass is 470 g/mol. The largest absolute Gasteiger partial charge is 0.350 e. The number of hydrogen-bond donors (Lipinski definition) is 1. The number of aromatic nitrogens is 5. The third-order valence-corrected chi connectivity index (χ3v) is 6.03.